The number of rotatable bonds is 7. The smallest absolute Gasteiger partial charge is 0.244 e. The van der Waals surface area contributed by atoms with Gasteiger partial charge in [0.1, 0.15) is 11.8 Å². The van der Waals surface area contributed by atoms with Crippen LogP contribution in [-0.4, -0.2) is 37.0 Å². The van der Waals surface area contributed by atoms with Gasteiger partial charge in [0.15, 0.2) is 11.5 Å². The lowest BCUT2D eigenvalue weighted by Gasteiger charge is -2.16. The van der Waals surface area contributed by atoms with Crippen molar-refractivity contribution in [3.05, 3.63) is 36.2 Å². The highest BCUT2D eigenvalue weighted by Crippen LogP contribution is 2.34. The standard InChI is InChI=1S/C16H21N3O4/c1-11(19-7-5-6-18-19)16(20)17-10-12-8-14(22-3)15(23-4)9-13(12)21-2/h5-9,11H,10H2,1-4H3,(H,17,20)/t11-/m1/s1. The predicted molar refractivity (Wildman–Crippen MR) is 84.9 cm³/mol. The van der Waals surface area contributed by atoms with E-state index in [0.717, 1.165) is 5.56 Å². The third kappa shape index (κ3) is 3.74. The van der Waals surface area contributed by atoms with Gasteiger partial charge in [0.2, 0.25) is 5.91 Å². The maximum atomic E-state index is 12.2. The van der Waals surface area contributed by atoms with Crippen LogP contribution in [0.15, 0.2) is 30.6 Å². The Bertz CT molecular complexity index is 656. The van der Waals surface area contributed by atoms with E-state index in [4.69, 9.17) is 14.2 Å². The molecule has 0 fully saturated rings. The molecule has 0 aliphatic carbocycles. The first-order valence-electron chi connectivity index (χ1n) is 7.16. The summed E-state index contributed by atoms with van der Waals surface area (Å²) in [6.45, 7) is 2.10. The lowest BCUT2D eigenvalue weighted by Crippen LogP contribution is -2.31. The summed E-state index contributed by atoms with van der Waals surface area (Å²) < 4.78 is 17.5. The van der Waals surface area contributed by atoms with E-state index in [1.807, 2.05) is 0 Å². The highest BCUT2D eigenvalue weighted by Gasteiger charge is 2.17. The Morgan fingerprint density at radius 1 is 1.17 bits per heavy atom. The number of methoxy groups -OCH3 is 3. The van der Waals surface area contributed by atoms with Crippen LogP contribution < -0.4 is 19.5 Å². The maximum Gasteiger partial charge on any atom is 0.244 e. The van der Waals surface area contributed by atoms with Gasteiger partial charge < -0.3 is 19.5 Å². The summed E-state index contributed by atoms with van der Waals surface area (Å²) in [6, 6.07) is 4.91. The highest BCUT2D eigenvalue weighted by molar-refractivity contribution is 5.79. The lowest BCUT2D eigenvalue weighted by molar-refractivity contribution is -0.124. The molecular formula is C16H21N3O4. The van der Waals surface area contributed by atoms with Gasteiger partial charge in [0.25, 0.3) is 0 Å². The summed E-state index contributed by atoms with van der Waals surface area (Å²) in [5.41, 5.74) is 0.797. The van der Waals surface area contributed by atoms with Crippen molar-refractivity contribution in [1.29, 1.82) is 0 Å². The number of aromatic nitrogens is 2. The highest BCUT2D eigenvalue weighted by atomic mass is 16.5. The van der Waals surface area contributed by atoms with Gasteiger partial charge in [0, 0.05) is 30.6 Å². The summed E-state index contributed by atoms with van der Waals surface area (Å²) in [7, 11) is 4.69. The van der Waals surface area contributed by atoms with Crippen LogP contribution >= 0.6 is 0 Å². The Hall–Kier alpha value is -2.70. The van der Waals surface area contributed by atoms with Crippen molar-refractivity contribution < 1.29 is 19.0 Å². The van der Waals surface area contributed by atoms with E-state index in [1.54, 1.807) is 63.5 Å². The summed E-state index contributed by atoms with van der Waals surface area (Å²) in [4.78, 5) is 12.2. The van der Waals surface area contributed by atoms with Crippen LogP contribution in [0.1, 0.15) is 18.5 Å². The summed E-state index contributed by atoms with van der Waals surface area (Å²) in [5, 5.41) is 6.94. The molecule has 0 aliphatic heterocycles. The first-order valence-corrected chi connectivity index (χ1v) is 7.16. The molecule has 0 saturated heterocycles. The van der Waals surface area contributed by atoms with Gasteiger partial charge in [-0.3, -0.25) is 9.48 Å². The van der Waals surface area contributed by atoms with Crippen LogP contribution in [0.25, 0.3) is 0 Å². The van der Waals surface area contributed by atoms with Crippen molar-refractivity contribution in [2.75, 3.05) is 21.3 Å². The second-order valence-corrected chi connectivity index (χ2v) is 4.90. The minimum Gasteiger partial charge on any atom is -0.496 e. The zero-order valence-electron chi connectivity index (χ0n) is 13.7. The second-order valence-electron chi connectivity index (χ2n) is 4.90. The third-order valence-corrected chi connectivity index (χ3v) is 3.54. The number of amides is 1. The number of benzene rings is 1. The minimum absolute atomic E-state index is 0.134. The van der Waals surface area contributed by atoms with E-state index in [1.165, 1.54) is 0 Å². The third-order valence-electron chi connectivity index (χ3n) is 3.54. The van der Waals surface area contributed by atoms with Crippen LogP contribution in [-0.2, 0) is 11.3 Å². The predicted octanol–water partition coefficient (Wildman–Crippen LogP) is 1.79. The van der Waals surface area contributed by atoms with Crippen molar-refractivity contribution >= 4 is 5.91 Å². The second kappa shape index (κ2) is 7.53. The van der Waals surface area contributed by atoms with Gasteiger partial charge in [0.05, 0.1) is 21.3 Å². The number of hydrogen-bond acceptors (Lipinski definition) is 5. The monoisotopic (exact) mass is 319 g/mol. The molecule has 0 radical (unpaired) electrons. The number of ether oxygens (including phenoxy) is 3. The van der Waals surface area contributed by atoms with Crippen LogP contribution in [0.4, 0.5) is 0 Å². The summed E-state index contributed by atoms with van der Waals surface area (Å²) in [5.74, 6) is 1.64. The lowest BCUT2D eigenvalue weighted by atomic mass is 10.1. The van der Waals surface area contributed by atoms with Crippen molar-refractivity contribution in [1.82, 2.24) is 15.1 Å². The molecule has 0 aliphatic rings. The van der Waals surface area contributed by atoms with E-state index in [9.17, 15) is 4.79 Å². The van der Waals surface area contributed by atoms with E-state index in [-0.39, 0.29) is 5.91 Å². The average molecular weight is 319 g/mol. The minimum atomic E-state index is -0.392. The Morgan fingerprint density at radius 2 is 1.83 bits per heavy atom. The fourth-order valence-corrected chi connectivity index (χ4v) is 2.19. The molecule has 1 N–H and O–H groups in total. The molecule has 0 bridgehead atoms. The van der Waals surface area contributed by atoms with Crippen LogP contribution in [0.3, 0.4) is 0 Å². The Labute approximate surface area is 135 Å². The van der Waals surface area contributed by atoms with E-state index >= 15 is 0 Å². The zero-order chi connectivity index (χ0) is 16.8. The fraction of sp³-hybridized carbons (Fsp3) is 0.375. The normalized spacial score (nSPS) is 11.7. The molecule has 0 unspecified atom stereocenters. The Balaban J connectivity index is 2.11. The summed E-state index contributed by atoms with van der Waals surface area (Å²) >= 11 is 0. The molecule has 2 rings (SSSR count). The molecular weight excluding hydrogens is 298 g/mol. The van der Waals surface area contributed by atoms with Gasteiger partial charge in [-0.05, 0) is 19.1 Å². The van der Waals surface area contributed by atoms with Gasteiger partial charge in [-0.15, -0.1) is 0 Å². The quantitative estimate of drug-likeness (QED) is 0.842. The van der Waals surface area contributed by atoms with Crippen LogP contribution in [0.2, 0.25) is 0 Å². The van der Waals surface area contributed by atoms with Crippen LogP contribution in [0, 0.1) is 0 Å². The molecule has 23 heavy (non-hydrogen) atoms. The van der Waals surface area contributed by atoms with Crippen molar-refractivity contribution in [3.8, 4) is 17.2 Å². The van der Waals surface area contributed by atoms with Crippen molar-refractivity contribution in [3.63, 3.8) is 0 Å². The largest absolute Gasteiger partial charge is 0.496 e. The molecule has 2 aromatic rings. The molecule has 1 heterocycles. The van der Waals surface area contributed by atoms with E-state index in [2.05, 4.69) is 10.4 Å². The maximum absolute atomic E-state index is 12.2. The molecule has 124 valence electrons. The van der Waals surface area contributed by atoms with E-state index < -0.39 is 6.04 Å². The molecule has 0 spiro atoms. The topological polar surface area (TPSA) is 74.6 Å². The number of hydrogen-bond donors (Lipinski definition) is 1. The zero-order valence-corrected chi connectivity index (χ0v) is 13.7. The molecule has 7 heteroatoms. The van der Waals surface area contributed by atoms with Gasteiger partial charge in [-0.25, -0.2) is 0 Å². The molecule has 1 aromatic carbocycles. The van der Waals surface area contributed by atoms with Crippen molar-refractivity contribution in [2.24, 2.45) is 0 Å². The molecule has 1 amide bonds. The number of nitrogens with one attached hydrogen (secondary N) is 1. The first-order chi connectivity index (χ1) is 11.1. The summed E-state index contributed by atoms with van der Waals surface area (Å²) in [6.07, 6.45) is 3.39. The Kier molecular flexibility index (Phi) is 5.46. The first kappa shape index (κ1) is 16.7. The van der Waals surface area contributed by atoms with Crippen LogP contribution in [0.5, 0.6) is 17.2 Å². The molecule has 7 nitrogen and oxygen atoms in total. The number of carbonyl (C=O) groups is 1. The Morgan fingerprint density at radius 3 is 2.39 bits per heavy atom. The molecule has 0 saturated carbocycles. The number of nitrogens with zero attached hydrogens (tertiary/aromatic N) is 2. The van der Waals surface area contributed by atoms with Crippen molar-refractivity contribution in [2.45, 2.75) is 19.5 Å². The number of carbonyl (C=O) groups excluding carboxylic acids is 1. The SMILES string of the molecule is COc1cc(OC)c(OC)cc1CNC(=O)[C@@H](C)n1cccn1. The van der Waals surface area contributed by atoms with Gasteiger partial charge in [-0.1, -0.05) is 0 Å². The van der Waals surface area contributed by atoms with Gasteiger partial charge >= 0.3 is 0 Å². The molecule has 1 aromatic heterocycles. The fourth-order valence-electron chi connectivity index (χ4n) is 2.19. The molecule has 1 atom stereocenters. The van der Waals surface area contributed by atoms with Gasteiger partial charge in [-0.2, -0.15) is 5.10 Å². The van der Waals surface area contributed by atoms with E-state index in [0.29, 0.717) is 23.8 Å². The average Bonchev–Trinajstić information content (AvgIpc) is 3.12.